The van der Waals surface area contributed by atoms with Gasteiger partial charge < -0.3 is 20.1 Å². The molecule has 0 aliphatic carbocycles. The van der Waals surface area contributed by atoms with E-state index in [1.54, 1.807) is 0 Å². The van der Waals surface area contributed by atoms with Gasteiger partial charge in [0.25, 0.3) is 0 Å². The topological polar surface area (TPSA) is 116 Å². The van der Waals surface area contributed by atoms with Crippen molar-refractivity contribution in [1.29, 1.82) is 0 Å². The molecule has 198 valence electrons. The largest absolute Gasteiger partial charge is 0.573 e. The predicted octanol–water partition coefficient (Wildman–Crippen LogP) is 1.91. The van der Waals surface area contributed by atoms with Gasteiger partial charge in [-0.2, -0.15) is 4.31 Å². The van der Waals surface area contributed by atoms with Gasteiger partial charge in [-0.3, -0.25) is 9.59 Å². The second-order valence-corrected chi connectivity index (χ2v) is 9.62. The molecule has 0 bridgehead atoms. The van der Waals surface area contributed by atoms with Crippen LogP contribution in [0.2, 0.25) is 0 Å². The van der Waals surface area contributed by atoms with Crippen LogP contribution in [0, 0.1) is 0 Å². The maximum Gasteiger partial charge on any atom is 0.573 e. The Morgan fingerprint density at radius 2 is 1.64 bits per heavy atom. The fraction of sp³-hybridized carbons (Fsp3) is 0.391. The minimum absolute atomic E-state index is 0.0528. The van der Waals surface area contributed by atoms with E-state index in [9.17, 15) is 31.2 Å². The van der Waals surface area contributed by atoms with Crippen molar-refractivity contribution in [3.63, 3.8) is 0 Å². The molecule has 1 heterocycles. The van der Waals surface area contributed by atoms with E-state index in [-0.39, 0.29) is 43.6 Å². The molecule has 2 aromatic carbocycles. The zero-order chi connectivity index (χ0) is 26.8. The molecule has 1 saturated heterocycles. The van der Waals surface area contributed by atoms with Crippen molar-refractivity contribution >= 4 is 22.3 Å². The summed E-state index contributed by atoms with van der Waals surface area (Å²) >= 11 is 0. The van der Waals surface area contributed by atoms with Crippen LogP contribution in [0.1, 0.15) is 18.1 Å². The molecule has 1 aliphatic rings. The van der Waals surface area contributed by atoms with E-state index in [0.717, 1.165) is 41.8 Å². The fourth-order valence-electron chi connectivity index (χ4n) is 3.43. The first kappa shape index (κ1) is 29.1. The van der Waals surface area contributed by atoms with Crippen LogP contribution < -0.4 is 10.1 Å². The lowest BCUT2D eigenvalue weighted by Gasteiger charge is -2.33. The van der Waals surface area contributed by atoms with Gasteiger partial charge in [0.15, 0.2) is 0 Å². The number of sulfonamides is 1. The lowest BCUT2D eigenvalue weighted by molar-refractivity contribution is -0.274. The number of halogens is 3. The van der Waals surface area contributed by atoms with Crippen LogP contribution in [0.3, 0.4) is 0 Å². The number of hydrogen-bond donors (Lipinski definition) is 2. The van der Waals surface area contributed by atoms with Gasteiger partial charge in [0.05, 0.1) is 11.5 Å². The monoisotopic (exact) mass is 531 g/mol. The Hall–Kier alpha value is -3.16. The van der Waals surface area contributed by atoms with Crippen LogP contribution in [-0.2, 0) is 32.6 Å². The number of alkyl halides is 3. The molecule has 0 radical (unpaired) electrons. The standard InChI is InChI=1S/C13H15F3N2O4S.C10H13NO2/c1-10(19)17-6-8-18(9-7-17)23(20,21)12-4-2-11(3-5-12)22-13(14,15)16;12-7-10-4-2-1-3-9(10)5-6-11-8-13/h2-5H,6-9H2,1H3;1-4,8,12H,5-7H2,(H,11,13). The van der Waals surface area contributed by atoms with Gasteiger partial charge in [-0.05, 0) is 41.8 Å². The molecular weight excluding hydrogens is 503 g/mol. The van der Waals surface area contributed by atoms with Gasteiger partial charge in [0.2, 0.25) is 22.3 Å². The van der Waals surface area contributed by atoms with Gasteiger partial charge >= 0.3 is 6.36 Å². The van der Waals surface area contributed by atoms with E-state index in [1.165, 1.54) is 16.1 Å². The minimum Gasteiger partial charge on any atom is -0.406 e. The van der Waals surface area contributed by atoms with E-state index in [2.05, 4.69) is 10.1 Å². The first-order valence-corrected chi connectivity index (χ1v) is 12.4. The van der Waals surface area contributed by atoms with Crippen molar-refractivity contribution in [1.82, 2.24) is 14.5 Å². The molecule has 0 atom stereocenters. The highest BCUT2D eigenvalue weighted by Gasteiger charge is 2.32. The second-order valence-electron chi connectivity index (χ2n) is 7.68. The molecular formula is C23H28F3N3O6S. The van der Waals surface area contributed by atoms with Crippen molar-refractivity contribution in [2.75, 3.05) is 32.7 Å². The molecule has 0 aromatic heterocycles. The number of aliphatic hydroxyl groups is 1. The molecule has 1 aliphatic heterocycles. The third kappa shape index (κ3) is 8.81. The number of rotatable bonds is 8. The van der Waals surface area contributed by atoms with Crippen molar-refractivity contribution in [2.45, 2.75) is 31.2 Å². The molecule has 36 heavy (non-hydrogen) atoms. The minimum atomic E-state index is -4.83. The molecule has 0 unspecified atom stereocenters. The van der Waals surface area contributed by atoms with Crippen LogP contribution in [0.25, 0.3) is 0 Å². The van der Waals surface area contributed by atoms with Gasteiger partial charge in [-0.1, -0.05) is 24.3 Å². The predicted molar refractivity (Wildman–Crippen MR) is 124 cm³/mol. The molecule has 2 aromatic rings. The number of piperazine rings is 1. The quantitative estimate of drug-likeness (QED) is 0.397. The number of hydrogen-bond acceptors (Lipinski definition) is 6. The Balaban J connectivity index is 0.000000297. The summed E-state index contributed by atoms with van der Waals surface area (Å²) in [6.07, 6.45) is -3.39. The summed E-state index contributed by atoms with van der Waals surface area (Å²) in [4.78, 5) is 22.6. The Kier molecular flexibility index (Phi) is 10.7. The Morgan fingerprint density at radius 1 is 1.06 bits per heavy atom. The van der Waals surface area contributed by atoms with Gasteiger partial charge in [0, 0.05) is 39.6 Å². The van der Waals surface area contributed by atoms with E-state index in [1.807, 2.05) is 24.3 Å². The van der Waals surface area contributed by atoms with E-state index >= 15 is 0 Å². The Bertz CT molecular complexity index is 1100. The fourth-order valence-corrected chi connectivity index (χ4v) is 4.85. The lowest BCUT2D eigenvalue weighted by Crippen LogP contribution is -2.49. The number of nitrogens with zero attached hydrogens (tertiary/aromatic N) is 2. The molecule has 0 spiro atoms. The number of ether oxygens (including phenoxy) is 1. The lowest BCUT2D eigenvalue weighted by atomic mass is 10.1. The summed E-state index contributed by atoms with van der Waals surface area (Å²) in [7, 11) is -3.81. The smallest absolute Gasteiger partial charge is 0.406 e. The van der Waals surface area contributed by atoms with E-state index < -0.39 is 22.1 Å². The van der Waals surface area contributed by atoms with Crippen molar-refractivity contribution in [2.24, 2.45) is 0 Å². The normalized spacial score (nSPS) is 14.4. The zero-order valence-electron chi connectivity index (χ0n) is 19.6. The van der Waals surface area contributed by atoms with Crippen LogP contribution in [0.15, 0.2) is 53.4 Å². The summed E-state index contributed by atoms with van der Waals surface area (Å²) in [6.45, 7) is 2.92. The molecule has 9 nitrogen and oxygen atoms in total. The molecule has 3 rings (SSSR count). The second kappa shape index (κ2) is 13.2. The Labute approximate surface area is 207 Å². The number of carbonyl (C=O) groups excluding carboxylic acids is 2. The van der Waals surface area contributed by atoms with Crippen LogP contribution in [0.5, 0.6) is 5.75 Å². The van der Waals surface area contributed by atoms with Gasteiger partial charge in [0.1, 0.15) is 5.75 Å². The maximum absolute atomic E-state index is 12.4. The number of benzene rings is 2. The summed E-state index contributed by atoms with van der Waals surface area (Å²) in [6, 6.07) is 11.7. The SMILES string of the molecule is CC(=O)N1CCN(S(=O)(=O)c2ccc(OC(F)(F)F)cc2)CC1.O=CNCCc1ccccc1CO. The average molecular weight is 532 g/mol. The van der Waals surface area contributed by atoms with Crippen molar-refractivity contribution in [3.05, 3.63) is 59.7 Å². The number of amides is 2. The van der Waals surface area contributed by atoms with Crippen LogP contribution in [-0.4, -0.2) is 74.1 Å². The molecule has 0 saturated carbocycles. The summed E-state index contributed by atoms with van der Waals surface area (Å²) in [5.41, 5.74) is 2.01. The highest BCUT2D eigenvalue weighted by atomic mass is 32.2. The summed E-state index contributed by atoms with van der Waals surface area (Å²) < 4.78 is 66.0. The highest BCUT2D eigenvalue weighted by molar-refractivity contribution is 7.89. The third-order valence-electron chi connectivity index (χ3n) is 5.29. The molecule has 2 N–H and O–H groups in total. The molecule has 13 heteroatoms. The van der Waals surface area contributed by atoms with Crippen molar-refractivity contribution < 1.29 is 41.0 Å². The summed E-state index contributed by atoms with van der Waals surface area (Å²) in [5, 5.41) is 11.6. The van der Waals surface area contributed by atoms with Crippen molar-refractivity contribution in [3.8, 4) is 5.75 Å². The molecule has 2 amide bonds. The van der Waals surface area contributed by atoms with E-state index in [0.29, 0.717) is 13.0 Å². The maximum atomic E-state index is 12.4. The number of carbonyl (C=O) groups is 2. The van der Waals surface area contributed by atoms with E-state index in [4.69, 9.17) is 5.11 Å². The zero-order valence-corrected chi connectivity index (χ0v) is 20.4. The summed E-state index contributed by atoms with van der Waals surface area (Å²) in [5.74, 6) is -0.617. The molecule has 1 fully saturated rings. The van der Waals surface area contributed by atoms with Gasteiger partial charge in [-0.25, -0.2) is 8.42 Å². The third-order valence-corrected chi connectivity index (χ3v) is 7.20. The van der Waals surface area contributed by atoms with Crippen LogP contribution >= 0.6 is 0 Å². The Morgan fingerprint density at radius 3 is 2.14 bits per heavy atom. The highest BCUT2D eigenvalue weighted by Crippen LogP contribution is 2.25. The van der Waals surface area contributed by atoms with Gasteiger partial charge in [-0.15, -0.1) is 13.2 Å². The number of nitrogens with one attached hydrogen (secondary N) is 1. The first-order chi connectivity index (χ1) is 17.0. The number of aliphatic hydroxyl groups excluding tert-OH is 1. The van der Waals surface area contributed by atoms with Crippen LogP contribution in [0.4, 0.5) is 13.2 Å². The average Bonchev–Trinajstić information content (AvgIpc) is 2.84. The first-order valence-electron chi connectivity index (χ1n) is 10.9.